The van der Waals surface area contributed by atoms with E-state index < -0.39 is 35.8 Å². The number of piperidine rings is 1. The molecule has 1 saturated heterocycles. The Morgan fingerprint density at radius 2 is 2.08 bits per heavy atom. The minimum absolute atomic E-state index is 0.0820. The number of carbonyl (C=O) groups excluding carboxylic acids is 1. The van der Waals surface area contributed by atoms with Gasteiger partial charge in [-0.1, -0.05) is 0 Å². The average Bonchev–Trinajstić information content (AvgIpc) is 2.39. The molecule has 2 rings (SSSR count). The zero-order valence-corrected chi connectivity index (χ0v) is 14.3. The maximum Gasteiger partial charge on any atom is 0.412 e. The molecule has 1 amide bonds. The monoisotopic (exact) mass is 343 g/mol. The fraction of sp³-hybridized carbons (Fsp3) is 0.625. The van der Waals surface area contributed by atoms with Crippen LogP contribution in [0.25, 0.3) is 0 Å². The third-order valence-electron chi connectivity index (χ3n) is 3.70. The summed E-state index contributed by atoms with van der Waals surface area (Å²) in [7, 11) is 1.62. The number of halogens is 2. The summed E-state index contributed by atoms with van der Waals surface area (Å²) in [6.07, 6.45) is 0.679. The van der Waals surface area contributed by atoms with Crippen LogP contribution in [0.1, 0.15) is 33.2 Å². The molecule has 1 N–H and O–H groups in total. The number of carbonyl (C=O) groups is 1. The fourth-order valence-electron chi connectivity index (χ4n) is 2.70. The van der Waals surface area contributed by atoms with Gasteiger partial charge in [-0.05, 0) is 46.4 Å². The van der Waals surface area contributed by atoms with Crippen LogP contribution < -0.4 is 10.9 Å². The standard InChI is InChI=1S/C16H23F2N3O3/c1-15(2,3)24-14(23)19-11-6-5-8-21(13(11)22)12-7-9-20(4)10-16(12,17)18/h5-6,8,12H,7,9-10H2,1-4H3,(H,19,23). The number of ether oxygens (including phenoxy) is 1. The molecule has 0 radical (unpaired) electrons. The molecule has 1 aliphatic rings. The number of rotatable bonds is 2. The largest absolute Gasteiger partial charge is 0.444 e. The molecule has 1 aliphatic heterocycles. The van der Waals surface area contributed by atoms with Gasteiger partial charge in [0.05, 0.1) is 6.54 Å². The van der Waals surface area contributed by atoms with E-state index in [1.165, 1.54) is 23.2 Å². The van der Waals surface area contributed by atoms with Crippen molar-refractivity contribution in [3.63, 3.8) is 0 Å². The molecule has 0 saturated carbocycles. The van der Waals surface area contributed by atoms with Crippen LogP contribution in [0.4, 0.5) is 19.3 Å². The van der Waals surface area contributed by atoms with Gasteiger partial charge in [0, 0.05) is 12.7 Å². The van der Waals surface area contributed by atoms with E-state index in [0.29, 0.717) is 6.54 Å². The first-order chi connectivity index (χ1) is 11.0. The van der Waals surface area contributed by atoms with Crippen molar-refractivity contribution in [3.05, 3.63) is 28.7 Å². The number of nitrogens with zero attached hydrogens (tertiary/aromatic N) is 2. The number of pyridine rings is 1. The van der Waals surface area contributed by atoms with Crippen LogP contribution in [0.3, 0.4) is 0 Å². The Balaban J connectivity index is 2.25. The molecule has 0 aromatic carbocycles. The van der Waals surface area contributed by atoms with Crippen molar-refractivity contribution >= 4 is 11.8 Å². The SMILES string of the molecule is CN1CCC(n2cccc(NC(=O)OC(C)(C)C)c2=O)C(F)(F)C1. The van der Waals surface area contributed by atoms with Crippen molar-refractivity contribution in [2.24, 2.45) is 0 Å². The Morgan fingerprint density at radius 1 is 1.42 bits per heavy atom. The number of aromatic nitrogens is 1. The number of likely N-dealkylation sites (tertiary alicyclic amines) is 1. The predicted octanol–water partition coefficient (Wildman–Crippen LogP) is 2.71. The van der Waals surface area contributed by atoms with Gasteiger partial charge in [-0.15, -0.1) is 0 Å². The molecular weight excluding hydrogens is 320 g/mol. The number of alkyl halides is 2. The van der Waals surface area contributed by atoms with Crippen molar-refractivity contribution in [1.29, 1.82) is 0 Å². The molecule has 0 bridgehead atoms. The van der Waals surface area contributed by atoms with Crippen LogP contribution in [0.5, 0.6) is 0 Å². The summed E-state index contributed by atoms with van der Waals surface area (Å²) in [5.74, 6) is -3.03. The number of amides is 1. The van der Waals surface area contributed by atoms with E-state index in [9.17, 15) is 18.4 Å². The minimum atomic E-state index is -3.03. The lowest BCUT2D eigenvalue weighted by atomic mass is 10.0. The summed E-state index contributed by atoms with van der Waals surface area (Å²) in [6.45, 7) is 5.13. The van der Waals surface area contributed by atoms with Gasteiger partial charge in [-0.3, -0.25) is 10.1 Å². The molecule has 1 aromatic rings. The molecule has 0 spiro atoms. The first kappa shape index (κ1) is 18.4. The van der Waals surface area contributed by atoms with E-state index in [0.717, 1.165) is 4.57 Å². The Labute approximate surface area is 139 Å². The molecule has 1 atom stereocenters. The second kappa shape index (κ2) is 6.51. The van der Waals surface area contributed by atoms with E-state index in [1.807, 2.05) is 0 Å². The molecule has 6 nitrogen and oxygen atoms in total. The third-order valence-corrected chi connectivity index (χ3v) is 3.70. The lowest BCUT2D eigenvalue weighted by molar-refractivity contribution is -0.0988. The van der Waals surface area contributed by atoms with Gasteiger partial charge >= 0.3 is 6.09 Å². The van der Waals surface area contributed by atoms with Crippen LogP contribution in [0, 0.1) is 0 Å². The highest BCUT2D eigenvalue weighted by atomic mass is 19.3. The smallest absolute Gasteiger partial charge is 0.412 e. The maximum absolute atomic E-state index is 14.3. The Kier molecular flexibility index (Phi) is 4.98. The fourth-order valence-corrected chi connectivity index (χ4v) is 2.70. The summed E-state index contributed by atoms with van der Waals surface area (Å²) in [4.78, 5) is 25.8. The summed E-state index contributed by atoms with van der Waals surface area (Å²) < 4.78 is 34.7. The van der Waals surface area contributed by atoms with Gasteiger partial charge in [0.1, 0.15) is 17.3 Å². The summed E-state index contributed by atoms with van der Waals surface area (Å²) in [5.41, 5.74) is -1.47. The number of hydrogen-bond donors (Lipinski definition) is 1. The van der Waals surface area contributed by atoms with Gasteiger partial charge in [0.25, 0.3) is 11.5 Å². The zero-order valence-electron chi connectivity index (χ0n) is 14.3. The van der Waals surface area contributed by atoms with Crippen molar-refractivity contribution in [1.82, 2.24) is 9.47 Å². The summed E-state index contributed by atoms with van der Waals surface area (Å²) in [5, 5.41) is 2.33. The quantitative estimate of drug-likeness (QED) is 0.897. The molecule has 1 aromatic heterocycles. The van der Waals surface area contributed by atoms with Crippen LogP contribution in [0.2, 0.25) is 0 Å². The van der Waals surface area contributed by atoms with E-state index in [4.69, 9.17) is 4.74 Å². The third kappa shape index (κ3) is 4.31. The predicted molar refractivity (Wildman–Crippen MR) is 86.7 cm³/mol. The van der Waals surface area contributed by atoms with Crippen molar-refractivity contribution in [2.75, 3.05) is 25.5 Å². The Hall–Kier alpha value is -1.96. The maximum atomic E-state index is 14.3. The molecule has 1 fully saturated rings. The van der Waals surface area contributed by atoms with E-state index in [2.05, 4.69) is 5.32 Å². The number of anilines is 1. The second-order valence-corrected chi connectivity index (χ2v) is 7.06. The Bertz CT molecular complexity index is 667. The Morgan fingerprint density at radius 3 is 2.67 bits per heavy atom. The van der Waals surface area contributed by atoms with Gasteiger partial charge in [0.2, 0.25) is 0 Å². The van der Waals surface area contributed by atoms with Crippen LogP contribution in [0.15, 0.2) is 23.1 Å². The molecule has 0 aliphatic carbocycles. The van der Waals surface area contributed by atoms with E-state index in [1.54, 1.807) is 27.8 Å². The molecule has 2 heterocycles. The zero-order chi connectivity index (χ0) is 18.1. The summed E-state index contributed by atoms with van der Waals surface area (Å²) in [6, 6.07) is 1.60. The topological polar surface area (TPSA) is 63.6 Å². The minimum Gasteiger partial charge on any atom is -0.444 e. The normalized spacial score (nSPS) is 21.3. The highest BCUT2D eigenvalue weighted by Gasteiger charge is 2.45. The van der Waals surface area contributed by atoms with Gasteiger partial charge in [-0.2, -0.15) is 0 Å². The van der Waals surface area contributed by atoms with Gasteiger partial charge < -0.3 is 14.2 Å². The van der Waals surface area contributed by atoms with Crippen LogP contribution in [-0.2, 0) is 4.74 Å². The first-order valence-corrected chi connectivity index (χ1v) is 7.77. The molecular formula is C16H23F2N3O3. The summed E-state index contributed by atoms with van der Waals surface area (Å²) >= 11 is 0. The van der Waals surface area contributed by atoms with E-state index >= 15 is 0 Å². The highest BCUT2D eigenvalue weighted by Crippen LogP contribution is 2.35. The van der Waals surface area contributed by atoms with Crippen LogP contribution in [-0.4, -0.2) is 47.2 Å². The first-order valence-electron chi connectivity index (χ1n) is 7.77. The lowest BCUT2D eigenvalue weighted by Crippen LogP contribution is -2.49. The average molecular weight is 343 g/mol. The molecule has 8 heteroatoms. The van der Waals surface area contributed by atoms with E-state index in [-0.39, 0.29) is 12.1 Å². The van der Waals surface area contributed by atoms with Crippen LogP contribution >= 0.6 is 0 Å². The molecule has 24 heavy (non-hydrogen) atoms. The molecule has 1 unspecified atom stereocenters. The van der Waals surface area contributed by atoms with Crippen molar-refractivity contribution < 1.29 is 18.3 Å². The highest BCUT2D eigenvalue weighted by molar-refractivity contribution is 5.84. The number of hydrogen-bond acceptors (Lipinski definition) is 4. The second-order valence-electron chi connectivity index (χ2n) is 7.06. The van der Waals surface area contributed by atoms with Gasteiger partial charge in [0.15, 0.2) is 0 Å². The lowest BCUT2D eigenvalue weighted by Gasteiger charge is -2.37. The van der Waals surface area contributed by atoms with Gasteiger partial charge in [-0.25, -0.2) is 13.6 Å². The van der Waals surface area contributed by atoms with Crippen molar-refractivity contribution in [2.45, 2.75) is 44.8 Å². The molecule has 134 valence electrons. The van der Waals surface area contributed by atoms with Crippen molar-refractivity contribution in [3.8, 4) is 0 Å². The number of nitrogens with one attached hydrogen (secondary N) is 1.